The minimum Gasteiger partial charge on any atom is -0.489 e. The lowest BCUT2D eigenvalue weighted by atomic mass is 10.1. The minimum atomic E-state index is -0.275. The smallest absolute Gasteiger partial charge is 0.287 e. The highest BCUT2D eigenvalue weighted by molar-refractivity contribution is 5.99. The van der Waals surface area contributed by atoms with Gasteiger partial charge in [-0.3, -0.25) is 4.79 Å². The van der Waals surface area contributed by atoms with Crippen LogP contribution in [0.25, 0.3) is 11.0 Å². The van der Waals surface area contributed by atoms with Gasteiger partial charge in [0.25, 0.3) is 5.91 Å². The molecule has 7 nitrogen and oxygen atoms in total. The summed E-state index contributed by atoms with van der Waals surface area (Å²) in [7, 11) is 0. The summed E-state index contributed by atoms with van der Waals surface area (Å²) in [6.45, 7) is 3.62. The molecule has 0 unspecified atom stereocenters. The number of furan rings is 1. The first-order valence-electron chi connectivity index (χ1n) is 11.0. The summed E-state index contributed by atoms with van der Waals surface area (Å²) in [6.07, 6.45) is 1.77. The van der Waals surface area contributed by atoms with Crippen LogP contribution in [0.5, 0.6) is 5.75 Å². The topological polar surface area (TPSA) is 76.8 Å². The normalized spacial score (nSPS) is 13.8. The van der Waals surface area contributed by atoms with Gasteiger partial charge in [0.2, 0.25) is 0 Å². The second-order valence-electron chi connectivity index (χ2n) is 7.81. The van der Waals surface area contributed by atoms with E-state index in [1.165, 1.54) is 0 Å². The molecule has 0 aliphatic carbocycles. The Morgan fingerprint density at radius 2 is 1.82 bits per heavy atom. The molecule has 7 heteroatoms. The average molecular weight is 444 g/mol. The summed E-state index contributed by atoms with van der Waals surface area (Å²) in [5.41, 5.74) is 2.36. The molecule has 168 valence electrons. The lowest BCUT2D eigenvalue weighted by molar-refractivity contribution is 0.0922. The number of carbonyl (C=O) groups is 1. The van der Waals surface area contributed by atoms with Crippen LogP contribution in [0, 0.1) is 0 Å². The first-order chi connectivity index (χ1) is 16.3. The summed E-state index contributed by atoms with van der Waals surface area (Å²) in [4.78, 5) is 19.8. The van der Waals surface area contributed by atoms with Gasteiger partial charge < -0.3 is 24.1 Å². The van der Waals surface area contributed by atoms with Gasteiger partial charge in [-0.15, -0.1) is 0 Å². The Balaban J connectivity index is 1.32. The van der Waals surface area contributed by atoms with E-state index in [-0.39, 0.29) is 18.3 Å². The quantitative estimate of drug-likeness (QED) is 0.462. The molecule has 1 aliphatic rings. The van der Waals surface area contributed by atoms with Crippen molar-refractivity contribution in [2.24, 2.45) is 0 Å². The van der Waals surface area contributed by atoms with Gasteiger partial charge in [-0.2, -0.15) is 0 Å². The standard InChI is InChI=1S/C26H25N3O4/c30-26(28-17-19-10-11-27-24(16-19)29-12-14-31-15-13-29)25-22(18-32-20-6-2-1-3-7-20)21-8-4-5-9-23(21)33-25/h1-11,16H,12-15,17-18H2,(H,28,30). The first kappa shape index (κ1) is 21.0. The number of carbonyl (C=O) groups excluding carboxylic acids is 1. The second-order valence-corrected chi connectivity index (χ2v) is 7.81. The Labute approximate surface area is 191 Å². The van der Waals surface area contributed by atoms with Crippen LogP contribution in [0.1, 0.15) is 21.7 Å². The van der Waals surface area contributed by atoms with E-state index in [1.54, 1.807) is 6.20 Å². The number of nitrogens with one attached hydrogen (secondary N) is 1. The fraction of sp³-hybridized carbons (Fsp3) is 0.231. The SMILES string of the molecule is O=C(NCc1ccnc(N2CCOCC2)c1)c1oc2ccccc2c1COc1ccccc1. The van der Waals surface area contributed by atoms with Crippen LogP contribution in [-0.4, -0.2) is 37.2 Å². The van der Waals surface area contributed by atoms with E-state index in [0.717, 1.165) is 41.2 Å². The van der Waals surface area contributed by atoms with Crippen LogP contribution >= 0.6 is 0 Å². The number of hydrogen-bond donors (Lipinski definition) is 1. The molecule has 5 rings (SSSR count). The zero-order valence-electron chi connectivity index (χ0n) is 18.2. The highest BCUT2D eigenvalue weighted by atomic mass is 16.5. The van der Waals surface area contributed by atoms with Gasteiger partial charge in [0.1, 0.15) is 23.8 Å². The maximum atomic E-state index is 13.1. The van der Waals surface area contributed by atoms with Crippen molar-refractivity contribution in [2.45, 2.75) is 13.2 Å². The van der Waals surface area contributed by atoms with Crippen molar-refractivity contribution in [2.75, 3.05) is 31.2 Å². The van der Waals surface area contributed by atoms with Crippen LogP contribution in [0.15, 0.2) is 77.3 Å². The predicted molar refractivity (Wildman–Crippen MR) is 125 cm³/mol. The lowest BCUT2D eigenvalue weighted by Gasteiger charge is -2.28. The molecule has 1 saturated heterocycles. The maximum absolute atomic E-state index is 13.1. The average Bonchev–Trinajstić information content (AvgIpc) is 3.26. The number of pyridine rings is 1. The molecule has 1 N–H and O–H groups in total. The third-order valence-electron chi connectivity index (χ3n) is 5.63. The van der Waals surface area contributed by atoms with E-state index >= 15 is 0 Å². The van der Waals surface area contributed by atoms with Crippen molar-refractivity contribution in [3.05, 3.63) is 89.8 Å². The van der Waals surface area contributed by atoms with Crippen molar-refractivity contribution in [1.82, 2.24) is 10.3 Å². The number of nitrogens with zero attached hydrogens (tertiary/aromatic N) is 2. The van der Waals surface area contributed by atoms with Crippen molar-refractivity contribution in [1.29, 1.82) is 0 Å². The highest BCUT2D eigenvalue weighted by Gasteiger charge is 2.21. The Hall–Kier alpha value is -3.84. The number of amides is 1. The molecular weight excluding hydrogens is 418 g/mol. The number of fused-ring (bicyclic) bond motifs is 1. The number of para-hydroxylation sites is 2. The molecule has 3 heterocycles. The monoisotopic (exact) mass is 443 g/mol. The number of morpholine rings is 1. The van der Waals surface area contributed by atoms with E-state index in [1.807, 2.05) is 66.7 Å². The van der Waals surface area contributed by atoms with Gasteiger partial charge in [0, 0.05) is 36.8 Å². The first-order valence-corrected chi connectivity index (χ1v) is 11.0. The van der Waals surface area contributed by atoms with E-state index in [0.29, 0.717) is 25.3 Å². The molecular formula is C26H25N3O4. The molecule has 1 fully saturated rings. The summed E-state index contributed by atoms with van der Waals surface area (Å²) in [5.74, 6) is 1.63. The van der Waals surface area contributed by atoms with Crippen molar-refractivity contribution >= 4 is 22.7 Å². The molecule has 0 saturated carbocycles. The van der Waals surface area contributed by atoms with Gasteiger partial charge in [-0.05, 0) is 35.9 Å². The number of ether oxygens (including phenoxy) is 2. The molecule has 0 atom stereocenters. The van der Waals surface area contributed by atoms with Gasteiger partial charge in [0.15, 0.2) is 5.76 Å². The number of anilines is 1. The highest BCUT2D eigenvalue weighted by Crippen LogP contribution is 2.27. The van der Waals surface area contributed by atoms with Crippen LogP contribution < -0.4 is 15.0 Å². The fourth-order valence-corrected chi connectivity index (χ4v) is 3.90. The van der Waals surface area contributed by atoms with E-state index < -0.39 is 0 Å². The number of hydrogen-bond acceptors (Lipinski definition) is 6. The zero-order valence-corrected chi connectivity index (χ0v) is 18.2. The molecule has 33 heavy (non-hydrogen) atoms. The molecule has 1 amide bonds. The van der Waals surface area contributed by atoms with Crippen molar-refractivity contribution in [3.8, 4) is 5.75 Å². The van der Waals surface area contributed by atoms with E-state index in [4.69, 9.17) is 13.9 Å². The van der Waals surface area contributed by atoms with Gasteiger partial charge >= 0.3 is 0 Å². The number of rotatable bonds is 7. The maximum Gasteiger partial charge on any atom is 0.287 e. The molecule has 1 aliphatic heterocycles. The summed E-state index contributed by atoms with van der Waals surface area (Å²) >= 11 is 0. The van der Waals surface area contributed by atoms with Crippen LogP contribution in [0.3, 0.4) is 0 Å². The van der Waals surface area contributed by atoms with Gasteiger partial charge in [0.05, 0.1) is 13.2 Å². The predicted octanol–water partition coefficient (Wildman–Crippen LogP) is 4.17. The second kappa shape index (κ2) is 9.75. The molecule has 2 aromatic carbocycles. The molecule has 0 bridgehead atoms. The molecule has 0 radical (unpaired) electrons. The molecule has 4 aromatic rings. The van der Waals surface area contributed by atoms with Gasteiger partial charge in [-0.25, -0.2) is 4.98 Å². The van der Waals surface area contributed by atoms with Crippen LogP contribution in [0.4, 0.5) is 5.82 Å². The van der Waals surface area contributed by atoms with Crippen molar-refractivity contribution < 1.29 is 18.7 Å². The van der Waals surface area contributed by atoms with Gasteiger partial charge in [-0.1, -0.05) is 36.4 Å². The Morgan fingerprint density at radius 3 is 2.67 bits per heavy atom. The third kappa shape index (κ3) is 4.83. The third-order valence-corrected chi connectivity index (χ3v) is 5.63. The summed E-state index contributed by atoms with van der Waals surface area (Å²) < 4.78 is 17.3. The Morgan fingerprint density at radius 1 is 1.03 bits per heavy atom. The largest absolute Gasteiger partial charge is 0.489 e. The summed E-state index contributed by atoms with van der Waals surface area (Å²) in [5, 5.41) is 3.86. The molecule has 2 aromatic heterocycles. The van der Waals surface area contributed by atoms with E-state index in [9.17, 15) is 4.79 Å². The Kier molecular flexibility index (Phi) is 6.21. The number of aromatic nitrogens is 1. The zero-order chi connectivity index (χ0) is 22.5. The minimum absolute atomic E-state index is 0.236. The van der Waals surface area contributed by atoms with E-state index in [2.05, 4.69) is 15.2 Å². The Bertz CT molecular complexity index is 1230. The van der Waals surface area contributed by atoms with Crippen LogP contribution in [-0.2, 0) is 17.9 Å². The van der Waals surface area contributed by atoms with Crippen molar-refractivity contribution in [3.63, 3.8) is 0 Å². The number of benzene rings is 2. The summed E-state index contributed by atoms with van der Waals surface area (Å²) in [6, 6.07) is 21.1. The lowest BCUT2D eigenvalue weighted by Crippen LogP contribution is -2.36. The van der Waals surface area contributed by atoms with Crippen LogP contribution in [0.2, 0.25) is 0 Å². The molecule has 0 spiro atoms. The fourth-order valence-electron chi connectivity index (χ4n) is 3.90.